The highest BCUT2D eigenvalue weighted by atomic mass is 15.3. The molecule has 0 spiro atoms. The van der Waals surface area contributed by atoms with Crippen molar-refractivity contribution in [3.63, 3.8) is 0 Å². The van der Waals surface area contributed by atoms with E-state index in [1.807, 2.05) is 55.6 Å². The number of nitrogens with zero attached hydrogens (tertiary/aromatic N) is 5. The molecule has 0 aliphatic heterocycles. The van der Waals surface area contributed by atoms with E-state index in [9.17, 15) is 0 Å². The minimum absolute atomic E-state index is 0.0352. The molecule has 6 rings (SSSR count). The van der Waals surface area contributed by atoms with Crippen LogP contribution in [0, 0.1) is 6.92 Å². The molecule has 0 bridgehead atoms. The lowest BCUT2D eigenvalue weighted by atomic mass is 9.99. The van der Waals surface area contributed by atoms with Crippen molar-refractivity contribution < 1.29 is 0 Å². The van der Waals surface area contributed by atoms with Gasteiger partial charge in [-0.15, -0.1) is 0 Å². The van der Waals surface area contributed by atoms with Crippen LogP contribution in [0.15, 0.2) is 104 Å². The zero-order chi connectivity index (χ0) is 24.3. The maximum absolute atomic E-state index is 5.00. The summed E-state index contributed by atoms with van der Waals surface area (Å²) in [4.78, 5) is 17.6. The summed E-state index contributed by atoms with van der Waals surface area (Å²) < 4.78 is 1.77. The van der Waals surface area contributed by atoms with Crippen molar-refractivity contribution in [3.8, 4) is 22.6 Å². The monoisotopic (exact) mass is 471 g/mol. The summed E-state index contributed by atoms with van der Waals surface area (Å²) in [6.07, 6.45) is 3.51. The number of pyridine rings is 2. The molecule has 176 valence electrons. The van der Waals surface area contributed by atoms with Gasteiger partial charge in [0.15, 0.2) is 5.65 Å². The van der Waals surface area contributed by atoms with Crippen LogP contribution >= 0.6 is 0 Å². The first-order chi connectivity index (χ1) is 17.7. The van der Waals surface area contributed by atoms with Gasteiger partial charge in [-0.3, -0.25) is 10.3 Å². The summed E-state index contributed by atoms with van der Waals surface area (Å²) in [6, 6.07) is 31.0. The smallest absolute Gasteiger partial charge is 0.155 e. The van der Waals surface area contributed by atoms with Gasteiger partial charge in [-0.25, -0.2) is 14.5 Å². The van der Waals surface area contributed by atoms with Crippen molar-refractivity contribution in [3.05, 3.63) is 126 Å². The Morgan fingerprint density at radius 2 is 1.58 bits per heavy atom. The lowest BCUT2D eigenvalue weighted by Crippen LogP contribution is -2.22. The van der Waals surface area contributed by atoms with Crippen molar-refractivity contribution in [2.45, 2.75) is 19.5 Å². The number of benzene rings is 2. The first kappa shape index (κ1) is 21.9. The molecule has 0 aliphatic carbocycles. The van der Waals surface area contributed by atoms with Crippen LogP contribution in [0.4, 0.5) is 0 Å². The largest absolute Gasteiger partial charge is 0.340 e. The number of nitrogens with one attached hydrogen (secondary N) is 2. The van der Waals surface area contributed by atoms with Crippen LogP contribution in [0.5, 0.6) is 0 Å². The fourth-order valence-electron chi connectivity index (χ4n) is 4.46. The topological polar surface area (TPSA) is 83.8 Å². The average Bonchev–Trinajstić information content (AvgIpc) is 3.57. The van der Waals surface area contributed by atoms with Crippen LogP contribution in [-0.4, -0.2) is 29.5 Å². The zero-order valence-electron chi connectivity index (χ0n) is 19.8. The Balaban J connectivity index is 1.38. The maximum atomic E-state index is 5.00. The summed E-state index contributed by atoms with van der Waals surface area (Å²) in [5.74, 6) is 0.832. The number of hydrogen-bond donors (Lipinski definition) is 2. The molecule has 2 aromatic carbocycles. The van der Waals surface area contributed by atoms with E-state index in [4.69, 9.17) is 9.97 Å². The molecule has 0 saturated heterocycles. The van der Waals surface area contributed by atoms with Crippen LogP contribution in [-0.2, 0) is 6.54 Å². The van der Waals surface area contributed by atoms with Gasteiger partial charge in [0, 0.05) is 17.5 Å². The van der Waals surface area contributed by atoms with E-state index in [0.29, 0.717) is 6.54 Å². The highest BCUT2D eigenvalue weighted by Gasteiger charge is 2.18. The van der Waals surface area contributed by atoms with Gasteiger partial charge >= 0.3 is 0 Å². The lowest BCUT2D eigenvalue weighted by molar-refractivity contribution is 0.590. The maximum Gasteiger partial charge on any atom is 0.155 e. The molecule has 0 atom stereocenters. The third-order valence-electron chi connectivity index (χ3n) is 6.19. The highest BCUT2D eigenvalue weighted by Crippen LogP contribution is 2.30. The number of imidazole rings is 1. The van der Waals surface area contributed by atoms with Crippen LogP contribution in [0.25, 0.3) is 28.3 Å². The molecule has 4 heterocycles. The first-order valence-corrected chi connectivity index (χ1v) is 11.9. The van der Waals surface area contributed by atoms with Gasteiger partial charge in [0.25, 0.3) is 0 Å². The molecule has 7 heteroatoms. The summed E-state index contributed by atoms with van der Waals surface area (Å²) in [5, 5.41) is 8.01. The lowest BCUT2D eigenvalue weighted by Gasteiger charge is -2.19. The van der Waals surface area contributed by atoms with Gasteiger partial charge in [-0.1, -0.05) is 66.7 Å². The summed E-state index contributed by atoms with van der Waals surface area (Å²) in [6.45, 7) is 2.54. The second kappa shape index (κ2) is 9.56. The molecule has 6 aromatic rings. The van der Waals surface area contributed by atoms with E-state index in [1.165, 1.54) is 11.1 Å². The van der Waals surface area contributed by atoms with Gasteiger partial charge in [0.1, 0.15) is 17.8 Å². The Morgan fingerprint density at radius 1 is 0.833 bits per heavy atom. The molecule has 0 amide bonds. The van der Waals surface area contributed by atoms with Gasteiger partial charge in [-0.2, -0.15) is 5.10 Å². The Hall–Kier alpha value is -4.62. The van der Waals surface area contributed by atoms with Gasteiger partial charge in [0.05, 0.1) is 24.0 Å². The van der Waals surface area contributed by atoms with E-state index in [-0.39, 0.29) is 6.04 Å². The predicted octanol–water partition coefficient (Wildman–Crippen LogP) is 5.37. The van der Waals surface area contributed by atoms with Crippen molar-refractivity contribution in [1.82, 2.24) is 34.9 Å². The first-order valence-electron chi connectivity index (χ1n) is 11.9. The summed E-state index contributed by atoms with van der Waals surface area (Å²) in [5.41, 5.74) is 7.65. The van der Waals surface area contributed by atoms with E-state index in [1.54, 1.807) is 10.8 Å². The van der Waals surface area contributed by atoms with E-state index < -0.39 is 0 Å². The molecule has 0 radical (unpaired) electrons. The molecule has 7 nitrogen and oxygen atoms in total. The molecule has 0 unspecified atom stereocenters. The molecule has 0 aliphatic rings. The van der Waals surface area contributed by atoms with Gasteiger partial charge < -0.3 is 4.98 Å². The van der Waals surface area contributed by atoms with Crippen LogP contribution in [0.3, 0.4) is 0 Å². The minimum Gasteiger partial charge on any atom is -0.340 e. The number of aryl methyl sites for hydroxylation is 1. The second-order valence-corrected chi connectivity index (χ2v) is 8.69. The molecule has 36 heavy (non-hydrogen) atoms. The third-order valence-corrected chi connectivity index (χ3v) is 6.19. The summed E-state index contributed by atoms with van der Waals surface area (Å²) >= 11 is 0. The van der Waals surface area contributed by atoms with Crippen molar-refractivity contribution >= 4 is 5.65 Å². The van der Waals surface area contributed by atoms with E-state index in [2.05, 4.69) is 68.9 Å². The normalized spacial score (nSPS) is 11.4. The number of H-pyrrole nitrogens is 1. The zero-order valence-corrected chi connectivity index (χ0v) is 19.8. The van der Waals surface area contributed by atoms with Crippen molar-refractivity contribution in [1.29, 1.82) is 0 Å². The van der Waals surface area contributed by atoms with Crippen molar-refractivity contribution in [2.24, 2.45) is 0 Å². The molecule has 2 N–H and O–H groups in total. The Bertz CT molecular complexity index is 1560. The summed E-state index contributed by atoms with van der Waals surface area (Å²) in [7, 11) is 0. The molecule has 0 saturated carbocycles. The number of hydrogen-bond acceptors (Lipinski definition) is 5. The Morgan fingerprint density at radius 3 is 2.31 bits per heavy atom. The SMILES string of the molecule is Cc1cccc(-c2nc(CNC(c3ccccc3)c3ccccc3)[nH]c2-c2ccc3ncnn3c2)n1. The standard InChI is InChI=1S/C29H25N7/c1-20-9-8-14-24(33-20)29-28(23-15-16-26-31-19-32-36(26)18-23)34-25(35-29)17-30-27(21-10-4-2-5-11-21)22-12-6-3-7-13-22/h2-16,18-19,27,30H,17H2,1H3,(H,34,35). The van der Waals surface area contributed by atoms with Gasteiger partial charge in [0.2, 0.25) is 0 Å². The molecular weight excluding hydrogens is 446 g/mol. The van der Waals surface area contributed by atoms with E-state index >= 15 is 0 Å². The second-order valence-electron chi connectivity index (χ2n) is 8.69. The quantitative estimate of drug-likeness (QED) is 0.327. The van der Waals surface area contributed by atoms with Crippen LogP contribution in [0.2, 0.25) is 0 Å². The van der Waals surface area contributed by atoms with E-state index in [0.717, 1.165) is 39.8 Å². The van der Waals surface area contributed by atoms with Crippen LogP contribution < -0.4 is 5.32 Å². The Kier molecular flexibility index (Phi) is 5.81. The molecular formula is C29H25N7. The van der Waals surface area contributed by atoms with Gasteiger partial charge in [-0.05, 0) is 42.3 Å². The fourth-order valence-corrected chi connectivity index (χ4v) is 4.46. The molecule has 4 aromatic heterocycles. The van der Waals surface area contributed by atoms with Crippen molar-refractivity contribution in [2.75, 3.05) is 0 Å². The highest BCUT2D eigenvalue weighted by molar-refractivity contribution is 5.77. The fraction of sp³-hybridized carbons (Fsp3) is 0.103. The molecule has 0 fully saturated rings. The minimum atomic E-state index is 0.0352. The average molecular weight is 472 g/mol. The Labute approximate surface area is 208 Å². The third kappa shape index (κ3) is 4.39. The predicted molar refractivity (Wildman–Crippen MR) is 140 cm³/mol. The van der Waals surface area contributed by atoms with Crippen LogP contribution in [0.1, 0.15) is 28.7 Å². The number of rotatable bonds is 7. The number of aromatic nitrogens is 6. The number of fused-ring (bicyclic) bond motifs is 1. The number of aromatic amines is 1.